The van der Waals surface area contributed by atoms with Crippen LogP contribution in [0.25, 0.3) is 0 Å². The van der Waals surface area contributed by atoms with E-state index in [-0.39, 0.29) is 19.0 Å². The van der Waals surface area contributed by atoms with Crippen molar-refractivity contribution in [3.05, 3.63) is 18.0 Å². The van der Waals surface area contributed by atoms with Crippen LogP contribution >= 0.6 is 0 Å². The Balaban J connectivity index is 1.93. The highest BCUT2D eigenvalue weighted by Crippen LogP contribution is 2.32. The first-order chi connectivity index (χ1) is 11.2. The van der Waals surface area contributed by atoms with Crippen molar-refractivity contribution in [3.8, 4) is 0 Å². The van der Waals surface area contributed by atoms with Crippen LogP contribution in [0, 0.1) is 0 Å². The maximum atomic E-state index is 13.0. The summed E-state index contributed by atoms with van der Waals surface area (Å²) < 4.78 is 39.0. The summed E-state index contributed by atoms with van der Waals surface area (Å²) in [4.78, 5) is 22.6. The average Bonchev–Trinajstić information content (AvgIpc) is 2.52. The molecular weight excluding hydrogens is 323 g/mol. The maximum Gasteiger partial charge on any atom is 0.408 e. The van der Waals surface area contributed by atoms with Gasteiger partial charge in [0.05, 0.1) is 0 Å². The average molecular weight is 345 g/mol. The van der Waals surface area contributed by atoms with Crippen molar-refractivity contribution in [2.75, 3.05) is 25.5 Å². The van der Waals surface area contributed by atoms with Crippen LogP contribution in [0.2, 0.25) is 0 Å². The number of aromatic nitrogens is 2. The number of likely N-dealkylation sites (tertiary alicyclic amines) is 1. The third-order valence-corrected chi connectivity index (χ3v) is 4.05. The first-order valence-corrected chi connectivity index (χ1v) is 7.74. The molecule has 9 heteroatoms. The number of alkyl halides is 3. The molecule has 0 bridgehead atoms. The largest absolute Gasteiger partial charge is 0.408 e. The maximum absolute atomic E-state index is 13.0. The monoisotopic (exact) mass is 345 g/mol. The minimum atomic E-state index is -4.38. The number of anilines is 1. The number of halogens is 3. The number of amides is 1. The number of carbonyl (C=O) groups excluding carboxylic acids is 1. The number of rotatable bonds is 4. The Bertz CT molecular complexity index is 561. The Morgan fingerprint density at radius 1 is 1.33 bits per heavy atom. The van der Waals surface area contributed by atoms with Crippen molar-refractivity contribution in [1.82, 2.24) is 20.2 Å². The number of nitrogens with zero attached hydrogens (tertiary/aromatic N) is 4. The van der Waals surface area contributed by atoms with Gasteiger partial charge in [0.1, 0.15) is 6.04 Å². The molecule has 134 valence electrons. The molecule has 0 radical (unpaired) electrons. The first-order valence-electron chi connectivity index (χ1n) is 7.74. The SMILES string of the molecule is CC(=O)N1CC(NCc2cnc(N(C)C)nc2)CCC1C(F)(F)F. The van der Waals surface area contributed by atoms with Crippen LogP contribution in [-0.2, 0) is 11.3 Å². The molecule has 2 heterocycles. The zero-order valence-electron chi connectivity index (χ0n) is 14.0. The standard InChI is InChI=1S/C15H22F3N5O/c1-10(24)23-9-12(4-5-13(23)15(16,17)18)19-6-11-7-20-14(21-8-11)22(2)3/h7-8,12-13,19H,4-6,9H2,1-3H3. The van der Waals surface area contributed by atoms with E-state index in [1.807, 2.05) is 14.1 Å². The van der Waals surface area contributed by atoms with Crippen molar-refractivity contribution in [1.29, 1.82) is 0 Å². The van der Waals surface area contributed by atoms with Gasteiger partial charge in [0.15, 0.2) is 0 Å². The minimum absolute atomic E-state index is 0.0517. The molecule has 1 aliphatic heterocycles. The third-order valence-electron chi connectivity index (χ3n) is 4.05. The summed E-state index contributed by atoms with van der Waals surface area (Å²) in [6.07, 6.45) is -0.743. The number of hydrogen-bond donors (Lipinski definition) is 1. The fourth-order valence-corrected chi connectivity index (χ4v) is 2.76. The van der Waals surface area contributed by atoms with Gasteiger partial charge in [-0.25, -0.2) is 9.97 Å². The predicted octanol–water partition coefficient (Wildman–Crippen LogP) is 1.57. The molecule has 2 unspecified atom stereocenters. The molecule has 0 aromatic carbocycles. The van der Waals surface area contributed by atoms with Gasteiger partial charge in [-0.05, 0) is 12.8 Å². The fourth-order valence-electron chi connectivity index (χ4n) is 2.76. The van der Waals surface area contributed by atoms with Crippen LogP contribution in [-0.4, -0.2) is 59.7 Å². The lowest BCUT2D eigenvalue weighted by Crippen LogP contribution is -2.57. The Kier molecular flexibility index (Phi) is 5.63. The topological polar surface area (TPSA) is 61.4 Å². The van der Waals surface area contributed by atoms with E-state index in [0.717, 1.165) is 10.5 Å². The zero-order valence-corrected chi connectivity index (χ0v) is 14.0. The zero-order chi connectivity index (χ0) is 17.9. The highest BCUT2D eigenvalue weighted by Gasteiger charge is 2.47. The summed E-state index contributed by atoms with van der Waals surface area (Å²) in [5.74, 6) is 0.0367. The second-order valence-corrected chi connectivity index (χ2v) is 6.17. The highest BCUT2D eigenvalue weighted by atomic mass is 19.4. The molecule has 0 aliphatic carbocycles. The fraction of sp³-hybridized carbons (Fsp3) is 0.667. The molecule has 0 saturated carbocycles. The summed E-state index contributed by atoms with van der Waals surface area (Å²) in [5, 5.41) is 3.19. The second kappa shape index (κ2) is 7.33. The smallest absolute Gasteiger partial charge is 0.347 e. The molecule has 1 aromatic rings. The number of hydrogen-bond acceptors (Lipinski definition) is 5. The molecule has 2 rings (SSSR count). The van der Waals surface area contributed by atoms with E-state index < -0.39 is 18.1 Å². The highest BCUT2D eigenvalue weighted by molar-refractivity contribution is 5.74. The molecule has 2 atom stereocenters. The Morgan fingerprint density at radius 3 is 2.46 bits per heavy atom. The van der Waals surface area contributed by atoms with Crippen LogP contribution in [0.5, 0.6) is 0 Å². The molecule has 1 saturated heterocycles. The molecule has 1 N–H and O–H groups in total. The lowest BCUT2D eigenvalue weighted by atomic mass is 9.97. The van der Waals surface area contributed by atoms with E-state index >= 15 is 0 Å². The molecule has 0 spiro atoms. The van der Waals surface area contributed by atoms with Crippen LogP contribution < -0.4 is 10.2 Å². The van der Waals surface area contributed by atoms with E-state index in [1.165, 1.54) is 6.92 Å². The van der Waals surface area contributed by atoms with Crippen molar-refractivity contribution in [3.63, 3.8) is 0 Å². The number of nitrogens with one attached hydrogen (secondary N) is 1. The van der Waals surface area contributed by atoms with Crippen molar-refractivity contribution < 1.29 is 18.0 Å². The molecular formula is C15H22F3N5O. The molecule has 1 fully saturated rings. The van der Waals surface area contributed by atoms with Crippen molar-refractivity contribution in [2.45, 2.75) is 44.6 Å². The van der Waals surface area contributed by atoms with Gasteiger partial charge >= 0.3 is 6.18 Å². The molecule has 24 heavy (non-hydrogen) atoms. The van der Waals surface area contributed by atoms with Crippen molar-refractivity contribution >= 4 is 11.9 Å². The van der Waals surface area contributed by atoms with Gasteiger partial charge < -0.3 is 15.1 Å². The first kappa shape index (κ1) is 18.4. The summed E-state index contributed by atoms with van der Waals surface area (Å²) >= 11 is 0. The van der Waals surface area contributed by atoms with Gasteiger partial charge in [0, 0.05) is 58.1 Å². The quantitative estimate of drug-likeness (QED) is 0.898. The minimum Gasteiger partial charge on any atom is -0.347 e. The van der Waals surface area contributed by atoms with Gasteiger partial charge in [-0.15, -0.1) is 0 Å². The van der Waals surface area contributed by atoms with Gasteiger partial charge in [0.2, 0.25) is 11.9 Å². The van der Waals surface area contributed by atoms with E-state index in [9.17, 15) is 18.0 Å². The van der Waals surface area contributed by atoms with Gasteiger partial charge in [-0.1, -0.05) is 0 Å². The normalized spacial score (nSPS) is 21.7. The summed E-state index contributed by atoms with van der Waals surface area (Å²) in [6, 6.07) is -1.86. The predicted molar refractivity (Wildman–Crippen MR) is 83.5 cm³/mol. The Labute approximate surface area is 139 Å². The molecule has 1 aromatic heterocycles. The molecule has 1 amide bonds. The van der Waals surface area contributed by atoms with Gasteiger partial charge in [-0.2, -0.15) is 13.2 Å². The third kappa shape index (κ3) is 4.56. The van der Waals surface area contributed by atoms with Crippen LogP contribution in [0.4, 0.5) is 19.1 Å². The van der Waals surface area contributed by atoms with Gasteiger partial charge in [0.25, 0.3) is 0 Å². The van der Waals surface area contributed by atoms with E-state index in [0.29, 0.717) is 18.9 Å². The lowest BCUT2D eigenvalue weighted by Gasteiger charge is -2.40. The second-order valence-electron chi connectivity index (χ2n) is 6.17. The number of piperidine rings is 1. The Hall–Kier alpha value is -1.90. The number of carbonyl (C=O) groups is 1. The van der Waals surface area contributed by atoms with Crippen LogP contribution in [0.15, 0.2) is 12.4 Å². The Morgan fingerprint density at radius 2 is 1.96 bits per heavy atom. The van der Waals surface area contributed by atoms with E-state index in [4.69, 9.17) is 0 Å². The molecule has 6 nitrogen and oxygen atoms in total. The van der Waals surface area contributed by atoms with E-state index in [1.54, 1.807) is 17.3 Å². The summed E-state index contributed by atoms with van der Waals surface area (Å²) in [7, 11) is 3.67. The molecule has 1 aliphatic rings. The van der Waals surface area contributed by atoms with Crippen molar-refractivity contribution in [2.24, 2.45) is 0 Å². The van der Waals surface area contributed by atoms with Gasteiger partial charge in [-0.3, -0.25) is 4.79 Å². The summed E-state index contributed by atoms with van der Waals surface area (Å²) in [5.41, 5.74) is 0.841. The lowest BCUT2D eigenvalue weighted by molar-refractivity contribution is -0.196. The summed E-state index contributed by atoms with van der Waals surface area (Å²) in [6.45, 7) is 1.67. The van der Waals surface area contributed by atoms with Crippen LogP contribution in [0.1, 0.15) is 25.3 Å². The van der Waals surface area contributed by atoms with E-state index in [2.05, 4.69) is 15.3 Å². The van der Waals surface area contributed by atoms with Crippen LogP contribution in [0.3, 0.4) is 0 Å².